The number of rotatable bonds is 6. The highest BCUT2D eigenvalue weighted by molar-refractivity contribution is 5.78. The first-order valence-electron chi connectivity index (χ1n) is 10.2. The minimum absolute atomic E-state index is 0.254. The molecule has 0 aliphatic carbocycles. The van der Waals surface area contributed by atoms with E-state index in [2.05, 4.69) is 34.7 Å². The summed E-state index contributed by atoms with van der Waals surface area (Å²) in [7, 11) is 0. The number of nitrogens with zero attached hydrogens (tertiary/aromatic N) is 5. The number of likely N-dealkylation sites (tertiary alicyclic amines) is 1. The van der Waals surface area contributed by atoms with Crippen LogP contribution in [0.2, 0.25) is 0 Å². The van der Waals surface area contributed by atoms with Crippen LogP contribution in [-0.2, 0) is 4.79 Å². The second kappa shape index (κ2) is 8.80. The quantitative estimate of drug-likeness (QED) is 0.781. The average Bonchev–Trinajstić information content (AvgIpc) is 3.20. The summed E-state index contributed by atoms with van der Waals surface area (Å²) in [5.74, 6) is 2.49. The predicted molar refractivity (Wildman–Crippen MR) is 105 cm³/mol. The molecule has 0 radical (unpaired) electrons. The monoisotopic (exact) mass is 359 g/mol. The zero-order valence-corrected chi connectivity index (χ0v) is 16.6. The fraction of sp³-hybridized carbons (Fsp3) is 0.750. The van der Waals surface area contributed by atoms with Gasteiger partial charge in [-0.2, -0.15) is 0 Å². The van der Waals surface area contributed by atoms with Gasteiger partial charge in [-0.1, -0.05) is 13.8 Å². The third kappa shape index (κ3) is 4.53. The van der Waals surface area contributed by atoms with Crippen molar-refractivity contribution >= 4 is 11.7 Å². The molecule has 6 heteroatoms. The van der Waals surface area contributed by atoms with Crippen molar-refractivity contribution in [2.24, 2.45) is 0 Å². The predicted octanol–water partition coefficient (Wildman–Crippen LogP) is 2.43. The largest absolute Gasteiger partial charge is 0.357 e. The maximum atomic E-state index is 12.7. The van der Waals surface area contributed by atoms with E-state index in [-0.39, 0.29) is 5.91 Å². The normalized spacial score (nSPS) is 20.8. The van der Waals surface area contributed by atoms with Gasteiger partial charge in [0.2, 0.25) is 5.91 Å². The molecular formula is C20H33N5O. The van der Waals surface area contributed by atoms with Crippen LogP contribution in [0.4, 0.5) is 5.82 Å². The second-order valence-corrected chi connectivity index (χ2v) is 7.53. The smallest absolute Gasteiger partial charge is 0.236 e. The molecular weight excluding hydrogens is 326 g/mol. The summed E-state index contributed by atoms with van der Waals surface area (Å²) in [5.41, 5.74) is 1.11. The van der Waals surface area contributed by atoms with E-state index < -0.39 is 0 Å². The van der Waals surface area contributed by atoms with Crippen LogP contribution in [0, 0.1) is 6.92 Å². The highest BCUT2D eigenvalue weighted by atomic mass is 16.2. The average molecular weight is 360 g/mol. The van der Waals surface area contributed by atoms with Crippen LogP contribution in [-0.4, -0.2) is 71.5 Å². The molecule has 0 aromatic carbocycles. The van der Waals surface area contributed by atoms with Crippen LogP contribution in [0.25, 0.3) is 0 Å². The van der Waals surface area contributed by atoms with Gasteiger partial charge >= 0.3 is 0 Å². The summed E-state index contributed by atoms with van der Waals surface area (Å²) < 4.78 is 0. The maximum absolute atomic E-state index is 12.7. The lowest BCUT2D eigenvalue weighted by Crippen LogP contribution is -2.44. The number of piperidine rings is 1. The number of aryl methyl sites for hydroxylation is 1. The highest BCUT2D eigenvalue weighted by Crippen LogP contribution is 2.28. The molecule has 1 aromatic heterocycles. The number of hydrogen-bond donors (Lipinski definition) is 0. The summed E-state index contributed by atoms with van der Waals surface area (Å²) in [6.07, 6.45) is 4.65. The van der Waals surface area contributed by atoms with Crippen molar-refractivity contribution < 1.29 is 4.79 Å². The maximum Gasteiger partial charge on any atom is 0.236 e. The van der Waals surface area contributed by atoms with Gasteiger partial charge in [0.15, 0.2) is 0 Å². The summed E-state index contributed by atoms with van der Waals surface area (Å²) in [5, 5.41) is 0. The molecule has 1 atom stereocenters. The summed E-state index contributed by atoms with van der Waals surface area (Å²) >= 11 is 0. The number of carbonyl (C=O) groups excluding carboxylic acids is 1. The number of amides is 1. The van der Waals surface area contributed by atoms with Gasteiger partial charge in [0.1, 0.15) is 11.6 Å². The highest BCUT2D eigenvalue weighted by Gasteiger charge is 2.27. The van der Waals surface area contributed by atoms with Crippen molar-refractivity contribution in [3.05, 3.63) is 17.6 Å². The zero-order chi connectivity index (χ0) is 18.5. The Kier molecular flexibility index (Phi) is 6.46. The molecule has 2 saturated heterocycles. The van der Waals surface area contributed by atoms with E-state index in [1.165, 1.54) is 12.8 Å². The van der Waals surface area contributed by atoms with Gasteiger partial charge in [-0.25, -0.2) is 9.97 Å². The molecule has 0 bridgehead atoms. The Balaban J connectivity index is 1.70. The first-order valence-corrected chi connectivity index (χ1v) is 10.2. The lowest BCUT2D eigenvalue weighted by atomic mass is 9.94. The Morgan fingerprint density at radius 2 is 1.88 bits per heavy atom. The molecule has 3 rings (SSSR count). The number of hydrogen-bond acceptors (Lipinski definition) is 5. The summed E-state index contributed by atoms with van der Waals surface area (Å²) in [6.45, 7) is 12.4. The number of carbonyl (C=O) groups is 1. The number of aromatic nitrogens is 2. The van der Waals surface area contributed by atoms with Crippen molar-refractivity contribution in [3.63, 3.8) is 0 Å². The first kappa shape index (κ1) is 19.1. The van der Waals surface area contributed by atoms with Crippen molar-refractivity contribution in [1.82, 2.24) is 19.8 Å². The molecule has 0 unspecified atom stereocenters. The van der Waals surface area contributed by atoms with Gasteiger partial charge < -0.3 is 9.80 Å². The Morgan fingerprint density at radius 1 is 1.15 bits per heavy atom. The lowest BCUT2D eigenvalue weighted by Gasteiger charge is -2.34. The molecule has 1 amide bonds. The fourth-order valence-electron chi connectivity index (χ4n) is 4.08. The molecule has 26 heavy (non-hydrogen) atoms. The van der Waals surface area contributed by atoms with E-state index in [1.807, 2.05) is 11.8 Å². The molecule has 0 spiro atoms. The molecule has 2 aliphatic rings. The van der Waals surface area contributed by atoms with E-state index in [4.69, 9.17) is 4.98 Å². The van der Waals surface area contributed by atoms with Crippen LogP contribution in [0.15, 0.2) is 6.07 Å². The van der Waals surface area contributed by atoms with E-state index in [1.54, 1.807) is 0 Å². The third-order valence-corrected chi connectivity index (χ3v) is 5.72. The zero-order valence-electron chi connectivity index (χ0n) is 16.6. The van der Waals surface area contributed by atoms with Crippen molar-refractivity contribution in [3.8, 4) is 0 Å². The summed E-state index contributed by atoms with van der Waals surface area (Å²) in [4.78, 5) is 28.7. The Morgan fingerprint density at radius 3 is 2.58 bits per heavy atom. The molecule has 2 aliphatic heterocycles. The van der Waals surface area contributed by atoms with Gasteiger partial charge in [-0.05, 0) is 45.7 Å². The van der Waals surface area contributed by atoms with Gasteiger partial charge in [0.05, 0.1) is 12.2 Å². The topological polar surface area (TPSA) is 52.6 Å². The van der Waals surface area contributed by atoms with Crippen LogP contribution in [0.1, 0.15) is 57.0 Å². The lowest BCUT2D eigenvalue weighted by molar-refractivity contribution is -0.133. The standard InChI is InChI=1S/C20H33N5O/c1-4-23(5-2)15-20(26)25-12-8-9-17(14-25)18-13-19(22-16(3)21-18)24-10-6-7-11-24/h13,17H,4-12,14-15H2,1-3H3/t17-/m1/s1. The van der Waals surface area contributed by atoms with Crippen LogP contribution in [0.5, 0.6) is 0 Å². The fourth-order valence-corrected chi connectivity index (χ4v) is 4.08. The molecule has 2 fully saturated rings. The second-order valence-electron chi connectivity index (χ2n) is 7.53. The summed E-state index contributed by atoms with van der Waals surface area (Å²) in [6, 6.07) is 2.17. The molecule has 1 aromatic rings. The van der Waals surface area contributed by atoms with E-state index in [9.17, 15) is 4.79 Å². The third-order valence-electron chi connectivity index (χ3n) is 5.72. The van der Waals surface area contributed by atoms with E-state index >= 15 is 0 Å². The van der Waals surface area contributed by atoms with E-state index in [0.29, 0.717) is 12.5 Å². The van der Waals surface area contributed by atoms with Crippen LogP contribution in [0.3, 0.4) is 0 Å². The molecule has 0 N–H and O–H groups in total. The number of anilines is 1. The Hall–Kier alpha value is -1.69. The van der Waals surface area contributed by atoms with E-state index in [0.717, 1.165) is 69.4 Å². The van der Waals surface area contributed by atoms with Gasteiger partial charge in [-0.15, -0.1) is 0 Å². The van der Waals surface area contributed by atoms with Crippen LogP contribution >= 0.6 is 0 Å². The first-order chi connectivity index (χ1) is 12.6. The molecule has 3 heterocycles. The minimum Gasteiger partial charge on any atom is -0.357 e. The SMILES string of the molecule is CCN(CC)CC(=O)N1CCC[C@@H](c2cc(N3CCCC3)nc(C)n2)C1. The van der Waals surface area contributed by atoms with Crippen molar-refractivity contribution in [2.45, 2.75) is 52.4 Å². The molecule has 144 valence electrons. The van der Waals surface area contributed by atoms with Gasteiger partial charge in [0, 0.05) is 38.2 Å². The van der Waals surface area contributed by atoms with Crippen molar-refractivity contribution in [1.29, 1.82) is 0 Å². The van der Waals surface area contributed by atoms with Gasteiger partial charge in [0.25, 0.3) is 0 Å². The van der Waals surface area contributed by atoms with Crippen molar-refractivity contribution in [2.75, 3.05) is 50.7 Å². The number of likely N-dealkylation sites (N-methyl/N-ethyl adjacent to an activating group) is 1. The minimum atomic E-state index is 0.254. The Bertz CT molecular complexity index is 610. The van der Waals surface area contributed by atoms with Crippen LogP contribution < -0.4 is 4.90 Å². The molecule has 6 nitrogen and oxygen atoms in total. The van der Waals surface area contributed by atoms with Gasteiger partial charge in [-0.3, -0.25) is 9.69 Å². The molecule has 0 saturated carbocycles. The Labute approximate surface area is 157 Å².